The molecule has 3 nitrogen and oxygen atoms in total. The standard InChI is InChI=1S/C17H31NO2/c1-13(2)8-5-6-10-16(14(3)4)17(20)18-11-7-9-15(18)12-19/h5-6,13-16,19H,7-12H2,1-4H3/t15-,16-/m0/s1. The van der Waals surface area contributed by atoms with Gasteiger partial charge in [0.05, 0.1) is 12.6 Å². The average Bonchev–Trinajstić information content (AvgIpc) is 2.85. The molecule has 0 aliphatic carbocycles. The SMILES string of the molecule is CC(C)CC=CC[C@H](C(=O)N1CCC[C@H]1CO)C(C)C. The van der Waals surface area contributed by atoms with E-state index < -0.39 is 0 Å². The summed E-state index contributed by atoms with van der Waals surface area (Å²) in [4.78, 5) is 14.6. The predicted molar refractivity (Wildman–Crippen MR) is 83.4 cm³/mol. The second-order valence-corrected chi connectivity index (χ2v) is 6.70. The molecule has 2 atom stereocenters. The number of amides is 1. The van der Waals surface area contributed by atoms with Crippen molar-refractivity contribution in [3.05, 3.63) is 12.2 Å². The smallest absolute Gasteiger partial charge is 0.226 e. The number of hydrogen-bond acceptors (Lipinski definition) is 2. The fourth-order valence-corrected chi connectivity index (χ4v) is 2.80. The molecule has 0 radical (unpaired) electrons. The minimum atomic E-state index is 0.0448. The van der Waals surface area contributed by atoms with Crippen LogP contribution in [-0.4, -0.2) is 35.1 Å². The lowest BCUT2D eigenvalue weighted by molar-refractivity contribution is -0.138. The summed E-state index contributed by atoms with van der Waals surface area (Å²) in [6.45, 7) is 9.53. The third-order valence-electron chi connectivity index (χ3n) is 4.16. The predicted octanol–water partition coefficient (Wildman–Crippen LogP) is 3.23. The number of aliphatic hydroxyl groups excluding tert-OH is 1. The largest absolute Gasteiger partial charge is 0.394 e. The summed E-state index contributed by atoms with van der Waals surface area (Å²) < 4.78 is 0. The van der Waals surface area contributed by atoms with E-state index in [-0.39, 0.29) is 24.5 Å². The molecule has 1 amide bonds. The highest BCUT2D eigenvalue weighted by atomic mass is 16.3. The highest BCUT2D eigenvalue weighted by Gasteiger charge is 2.33. The van der Waals surface area contributed by atoms with Gasteiger partial charge in [0.2, 0.25) is 5.91 Å². The summed E-state index contributed by atoms with van der Waals surface area (Å²) in [6.07, 6.45) is 8.20. The topological polar surface area (TPSA) is 40.5 Å². The number of nitrogens with zero attached hydrogens (tertiary/aromatic N) is 1. The summed E-state index contributed by atoms with van der Waals surface area (Å²) in [5.41, 5.74) is 0. The Morgan fingerprint density at radius 3 is 2.45 bits per heavy atom. The molecule has 20 heavy (non-hydrogen) atoms. The maximum Gasteiger partial charge on any atom is 0.226 e. The van der Waals surface area contributed by atoms with Gasteiger partial charge >= 0.3 is 0 Å². The average molecular weight is 281 g/mol. The molecule has 1 aliphatic heterocycles. The molecular formula is C17H31NO2. The van der Waals surface area contributed by atoms with Crippen molar-refractivity contribution in [2.45, 2.75) is 59.4 Å². The van der Waals surface area contributed by atoms with Crippen molar-refractivity contribution in [1.29, 1.82) is 0 Å². The molecule has 116 valence electrons. The van der Waals surface area contributed by atoms with Crippen LogP contribution < -0.4 is 0 Å². The van der Waals surface area contributed by atoms with Gasteiger partial charge in [-0.15, -0.1) is 0 Å². The van der Waals surface area contributed by atoms with Gasteiger partial charge in [-0.05, 0) is 37.5 Å². The van der Waals surface area contributed by atoms with Crippen LogP contribution in [0.1, 0.15) is 53.4 Å². The molecule has 1 heterocycles. The quantitative estimate of drug-likeness (QED) is 0.728. The van der Waals surface area contributed by atoms with Crippen LogP contribution in [0, 0.1) is 17.8 Å². The Morgan fingerprint density at radius 2 is 1.90 bits per heavy atom. The Balaban J connectivity index is 2.61. The van der Waals surface area contributed by atoms with Crippen molar-refractivity contribution < 1.29 is 9.90 Å². The second kappa shape index (κ2) is 8.46. The number of hydrogen-bond donors (Lipinski definition) is 1. The Kier molecular flexibility index (Phi) is 7.28. The van der Waals surface area contributed by atoms with E-state index in [1.165, 1.54) is 0 Å². The molecular weight excluding hydrogens is 250 g/mol. The van der Waals surface area contributed by atoms with Crippen molar-refractivity contribution in [2.24, 2.45) is 17.8 Å². The zero-order valence-corrected chi connectivity index (χ0v) is 13.5. The third-order valence-corrected chi connectivity index (χ3v) is 4.16. The van der Waals surface area contributed by atoms with Crippen LogP contribution >= 0.6 is 0 Å². The van der Waals surface area contributed by atoms with Gasteiger partial charge in [0.1, 0.15) is 0 Å². The minimum Gasteiger partial charge on any atom is -0.394 e. The maximum absolute atomic E-state index is 12.7. The molecule has 1 aliphatic rings. The van der Waals surface area contributed by atoms with Crippen molar-refractivity contribution in [3.63, 3.8) is 0 Å². The van der Waals surface area contributed by atoms with E-state index in [9.17, 15) is 9.90 Å². The lowest BCUT2D eigenvalue weighted by Crippen LogP contribution is -2.42. The first-order chi connectivity index (χ1) is 9.47. The molecule has 1 saturated heterocycles. The highest BCUT2D eigenvalue weighted by Crippen LogP contribution is 2.25. The molecule has 1 fully saturated rings. The van der Waals surface area contributed by atoms with Gasteiger partial charge in [-0.1, -0.05) is 39.8 Å². The number of likely N-dealkylation sites (tertiary alicyclic amines) is 1. The number of carbonyl (C=O) groups excluding carboxylic acids is 1. The number of allylic oxidation sites excluding steroid dienone is 2. The first kappa shape index (κ1) is 17.2. The van der Waals surface area contributed by atoms with Gasteiger partial charge in [-0.3, -0.25) is 4.79 Å². The summed E-state index contributed by atoms with van der Waals surface area (Å²) in [5.74, 6) is 1.28. The molecule has 1 N–H and O–H groups in total. The van der Waals surface area contributed by atoms with Crippen LogP contribution in [-0.2, 0) is 4.79 Å². The van der Waals surface area contributed by atoms with Gasteiger partial charge in [0, 0.05) is 12.5 Å². The van der Waals surface area contributed by atoms with E-state index in [1.807, 2.05) is 4.90 Å². The third kappa shape index (κ3) is 4.93. The fraction of sp³-hybridized carbons (Fsp3) is 0.824. The summed E-state index contributed by atoms with van der Waals surface area (Å²) in [7, 11) is 0. The Hall–Kier alpha value is -0.830. The number of carbonyl (C=O) groups is 1. The summed E-state index contributed by atoms with van der Waals surface area (Å²) in [5, 5.41) is 9.37. The lowest BCUT2D eigenvalue weighted by atomic mass is 9.90. The monoisotopic (exact) mass is 281 g/mol. The van der Waals surface area contributed by atoms with Crippen LogP contribution in [0.5, 0.6) is 0 Å². The Bertz CT molecular complexity index is 323. The van der Waals surface area contributed by atoms with E-state index in [2.05, 4.69) is 39.8 Å². The molecule has 0 saturated carbocycles. The zero-order chi connectivity index (χ0) is 15.1. The summed E-state index contributed by atoms with van der Waals surface area (Å²) >= 11 is 0. The molecule has 0 aromatic heterocycles. The maximum atomic E-state index is 12.7. The van der Waals surface area contributed by atoms with Crippen LogP contribution in [0.2, 0.25) is 0 Å². The lowest BCUT2D eigenvalue weighted by Gasteiger charge is -2.29. The fourth-order valence-electron chi connectivity index (χ4n) is 2.80. The van der Waals surface area contributed by atoms with Gasteiger partial charge in [-0.25, -0.2) is 0 Å². The molecule has 1 rings (SSSR count). The van der Waals surface area contributed by atoms with Gasteiger partial charge in [0.15, 0.2) is 0 Å². The molecule has 3 heteroatoms. The van der Waals surface area contributed by atoms with Crippen molar-refractivity contribution >= 4 is 5.91 Å². The number of aliphatic hydroxyl groups is 1. The molecule has 0 bridgehead atoms. The van der Waals surface area contributed by atoms with E-state index in [4.69, 9.17) is 0 Å². The van der Waals surface area contributed by atoms with E-state index in [1.54, 1.807) is 0 Å². The molecule has 0 aromatic carbocycles. The van der Waals surface area contributed by atoms with Crippen molar-refractivity contribution in [1.82, 2.24) is 4.90 Å². The van der Waals surface area contributed by atoms with Crippen LogP contribution in [0.3, 0.4) is 0 Å². The second-order valence-electron chi connectivity index (χ2n) is 6.70. The normalized spacial score (nSPS) is 21.4. The highest BCUT2D eigenvalue weighted by molar-refractivity contribution is 5.80. The van der Waals surface area contributed by atoms with E-state index >= 15 is 0 Å². The first-order valence-electron chi connectivity index (χ1n) is 8.03. The van der Waals surface area contributed by atoms with Crippen molar-refractivity contribution in [2.75, 3.05) is 13.2 Å². The Labute approximate surface area is 124 Å². The van der Waals surface area contributed by atoms with Gasteiger partial charge in [0.25, 0.3) is 0 Å². The van der Waals surface area contributed by atoms with E-state index in [0.717, 1.165) is 32.2 Å². The Morgan fingerprint density at radius 1 is 1.25 bits per heavy atom. The van der Waals surface area contributed by atoms with Gasteiger partial charge in [-0.2, -0.15) is 0 Å². The summed E-state index contributed by atoms with van der Waals surface area (Å²) in [6, 6.07) is 0.0448. The number of rotatable bonds is 7. The van der Waals surface area contributed by atoms with E-state index in [0.29, 0.717) is 11.8 Å². The van der Waals surface area contributed by atoms with Crippen LogP contribution in [0.25, 0.3) is 0 Å². The minimum absolute atomic E-state index is 0.0448. The van der Waals surface area contributed by atoms with Crippen LogP contribution in [0.4, 0.5) is 0 Å². The van der Waals surface area contributed by atoms with Crippen LogP contribution in [0.15, 0.2) is 12.2 Å². The molecule has 0 spiro atoms. The molecule has 0 unspecified atom stereocenters. The van der Waals surface area contributed by atoms with Crippen molar-refractivity contribution in [3.8, 4) is 0 Å². The first-order valence-corrected chi connectivity index (χ1v) is 8.03. The zero-order valence-electron chi connectivity index (χ0n) is 13.5. The molecule has 0 aromatic rings. The van der Waals surface area contributed by atoms with Gasteiger partial charge < -0.3 is 10.0 Å².